The number of anilines is 1. The van der Waals surface area contributed by atoms with Gasteiger partial charge in [-0.05, 0) is 154 Å². The highest BCUT2D eigenvalue weighted by Gasteiger charge is 2.43. The summed E-state index contributed by atoms with van der Waals surface area (Å²) in [6.45, 7) is 13.1. The second kappa shape index (κ2) is 25.9. The molecule has 2 aliphatic carbocycles. The smallest absolute Gasteiger partial charge is 0.257 e. The van der Waals surface area contributed by atoms with E-state index in [1.54, 1.807) is 54.1 Å². The topological polar surface area (TPSA) is 201 Å². The number of benzene rings is 4. The molecule has 0 bridgehead atoms. The lowest BCUT2D eigenvalue weighted by atomic mass is 9.83. The Labute approximate surface area is 483 Å². The number of fused-ring (bicyclic) bond motifs is 2. The number of rotatable bonds is 16. The van der Waals surface area contributed by atoms with Crippen molar-refractivity contribution in [2.45, 2.75) is 151 Å². The van der Waals surface area contributed by atoms with Crippen LogP contribution in [0, 0.1) is 12.3 Å². The Morgan fingerprint density at radius 2 is 1.49 bits per heavy atom. The zero-order valence-corrected chi connectivity index (χ0v) is 49.4. The van der Waals surface area contributed by atoms with Crippen LogP contribution >= 0.6 is 23.1 Å². The Kier molecular flexibility index (Phi) is 18.7. The van der Waals surface area contributed by atoms with Crippen molar-refractivity contribution in [3.8, 4) is 17.2 Å². The Balaban J connectivity index is 0.797. The summed E-state index contributed by atoms with van der Waals surface area (Å²) in [6.07, 6.45) is 8.77. The number of likely N-dealkylation sites (N-methyl/N-ethyl adjacent to an activating group) is 1. The van der Waals surface area contributed by atoms with E-state index in [0.29, 0.717) is 66.1 Å². The molecule has 0 spiro atoms. The number of thiazole rings is 1. The molecule has 1 saturated heterocycles. The van der Waals surface area contributed by atoms with Gasteiger partial charge in [0, 0.05) is 56.5 Å². The number of nitrogens with one attached hydrogen (secondary N) is 4. The molecule has 6 atom stereocenters. The summed E-state index contributed by atoms with van der Waals surface area (Å²) >= 11 is 2.80. The van der Waals surface area contributed by atoms with Gasteiger partial charge >= 0.3 is 0 Å². The third kappa shape index (κ3) is 14.2. The number of piperazine rings is 1. The molecule has 4 N–H and O–H groups in total. The zero-order valence-electron chi connectivity index (χ0n) is 47.7. The fraction of sp³-hybridized carbons (Fsp3) is 0.468. The van der Waals surface area contributed by atoms with E-state index >= 15 is 0 Å². The van der Waals surface area contributed by atoms with Crippen molar-refractivity contribution in [3.63, 3.8) is 0 Å². The maximum atomic E-state index is 14.9. The molecule has 6 amide bonds. The Morgan fingerprint density at radius 1 is 0.802 bits per heavy atom. The lowest BCUT2D eigenvalue weighted by molar-refractivity contribution is -0.147. The minimum Gasteiger partial charge on any atom is -0.496 e. The average Bonchev–Trinajstić information content (AvgIpc) is 3.99. The van der Waals surface area contributed by atoms with Crippen molar-refractivity contribution in [1.29, 1.82) is 0 Å². The predicted molar refractivity (Wildman–Crippen MR) is 313 cm³/mol. The van der Waals surface area contributed by atoms with Crippen LogP contribution in [0.2, 0.25) is 0 Å². The van der Waals surface area contributed by atoms with Crippen LogP contribution in [0.15, 0.2) is 94.2 Å². The second-order valence-corrected chi connectivity index (χ2v) is 25.1. The molecule has 3 heterocycles. The minimum absolute atomic E-state index is 0.00104. The third-order valence-electron chi connectivity index (χ3n) is 16.0. The zero-order chi connectivity index (χ0) is 57.5. The number of nitrogens with zero attached hydrogens (tertiary/aromatic N) is 4. The number of amides is 6. The first-order valence-corrected chi connectivity index (χ1v) is 29.9. The molecule has 4 aromatic carbocycles. The molecule has 2 fully saturated rings. The average molecular weight is 1140 g/mol. The Hall–Kier alpha value is -6.96. The summed E-state index contributed by atoms with van der Waals surface area (Å²) in [5.41, 5.74) is 5.42. The van der Waals surface area contributed by atoms with Gasteiger partial charge in [0.25, 0.3) is 11.8 Å². The van der Waals surface area contributed by atoms with Crippen LogP contribution < -0.4 is 35.5 Å². The van der Waals surface area contributed by atoms with E-state index in [2.05, 4.69) is 38.4 Å². The van der Waals surface area contributed by atoms with Crippen LogP contribution in [0.1, 0.15) is 134 Å². The summed E-state index contributed by atoms with van der Waals surface area (Å²) in [4.78, 5) is 92.1. The van der Waals surface area contributed by atoms with Crippen molar-refractivity contribution in [1.82, 2.24) is 35.6 Å². The number of carbonyl (C=O) groups excluding carboxylic acids is 6. The molecule has 5 aromatic rings. The summed E-state index contributed by atoms with van der Waals surface area (Å²) in [6, 6.07) is 22.7. The summed E-state index contributed by atoms with van der Waals surface area (Å²) in [7, 11) is 3.25. The van der Waals surface area contributed by atoms with Gasteiger partial charge in [0.1, 0.15) is 29.3 Å². The van der Waals surface area contributed by atoms with Crippen molar-refractivity contribution < 1.29 is 43.0 Å². The molecule has 19 heteroatoms. The second-order valence-electron chi connectivity index (χ2n) is 22.8. The Morgan fingerprint density at radius 3 is 2.19 bits per heavy atom. The van der Waals surface area contributed by atoms with Gasteiger partial charge < -0.3 is 44.9 Å². The van der Waals surface area contributed by atoms with Gasteiger partial charge in [-0.1, -0.05) is 74.2 Å². The van der Waals surface area contributed by atoms with Crippen molar-refractivity contribution in [3.05, 3.63) is 124 Å². The number of hydrogen-bond donors (Lipinski definition) is 4. The van der Waals surface area contributed by atoms with Gasteiger partial charge in [-0.3, -0.25) is 34.1 Å². The minimum atomic E-state index is -0.886. The van der Waals surface area contributed by atoms with Gasteiger partial charge in [0.15, 0.2) is 5.13 Å². The number of aromatic nitrogens is 1. The van der Waals surface area contributed by atoms with Gasteiger partial charge in [-0.25, -0.2) is 4.98 Å². The first-order valence-electron chi connectivity index (χ1n) is 28.3. The van der Waals surface area contributed by atoms with Crippen LogP contribution in [-0.2, 0) is 38.6 Å². The van der Waals surface area contributed by atoms with E-state index in [4.69, 9.17) is 14.2 Å². The SMILES string of the molecule is CN[C@@H](C)C(=O)N[C@H](C(=O)N1Cc2cc(OC3CCCC(Oc4ccc(C(=O)Nc5ncc(Sc6cc(C(=O)N7CCN(C(C)=O)CC7)c(OC)cc6C)s5)cc4)CC3)ccc2C[C@H]1C(=O)N[C@@H]1CCCc2ccccc21)C(C)(C)C. The molecule has 17 nitrogen and oxygen atoms in total. The number of ether oxygens (including phenoxy) is 3. The summed E-state index contributed by atoms with van der Waals surface area (Å²) in [5.74, 6) is 0.601. The molecule has 2 aliphatic heterocycles. The van der Waals surface area contributed by atoms with Gasteiger partial charge in [-0.2, -0.15) is 0 Å². The molecule has 81 heavy (non-hydrogen) atoms. The van der Waals surface area contributed by atoms with Crippen LogP contribution in [0.3, 0.4) is 0 Å². The predicted octanol–water partition coefficient (Wildman–Crippen LogP) is 8.91. The van der Waals surface area contributed by atoms with E-state index in [9.17, 15) is 28.8 Å². The van der Waals surface area contributed by atoms with Crippen molar-refractivity contribution in [2.24, 2.45) is 5.41 Å². The highest BCUT2D eigenvalue weighted by molar-refractivity contribution is 8.01. The molecular formula is C62H76N8O9S2. The van der Waals surface area contributed by atoms with E-state index in [-0.39, 0.29) is 60.2 Å². The molecule has 0 radical (unpaired) electrons. The quantitative estimate of drug-likeness (QED) is 0.0685. The molecule has 2 unspecified atom stereocenters. The standard InChI is InChI=1S/C62H76N8O9S2/c1-37-31-52(77-8)49(59(75)69-29-27-68(28-30-69)39(3)71)34-53(37)80-54-35-64-61(81-54)67-57(73)41-19-22-46(23-20-41)78-44-15-12-16-45(26-25-44)79-47-24-21-42-33-51(58(74)65-50-18-11-14-40-13-9-10-17-48(40)50)70(36-43(42)32-47)60(76)55(62(4,5)6)66-56(72)38(2)63-7/h9-10,13,17,19-24,31-32,34-35,38,44-45,50-51,55,63H,11-12,14-16,18,25-30,33,36H2,1-8H3,(H,65,74)(H,66,72)(H,64,67,73)/t38-,44?,45?,50+,51-,55+/m0/s1. The molecular weight excluding hydrogens is 1060 g/mol. The first kappa shape index (κ1) is 58.7. The van der Waals surface area contributed by atoms with E-state index in [0.717, 1.165) is 82.7 Å². The largest absolute Gasteiger partial charge is 0.496 e. The van der Waals surface area contributed by atoms with Gasteiger partial charge in [0.05, 0.1) is 47.4 Å². The summed E-state index contributed by atoms with van der Waals surface area (Å²) < 4.78 is 19.6. The lowest BCUT2D eigenvalue weighted by Crippen LogP contribution is -2.62. The third-order valence-corrected chi connectivity index (χ3v) is 18.2. The molecule has 430 valence electrons. The van der Waals surface area contributed by atoms with Crippen molar-refractivity contribution in [2.75, 3.05) is 45.7 Å². The highest BCUT2D eigenvalue weighted by Crippen LogP contribution is 2.40. The van der Waals surface area contributed by atoms with E-state index in [1.807, 2.05) is 82.3 Å². The van der Waals surface area contributed by atoms with Gasteiger partial charge in [0.2, 0.25) is 23.6 Å². The number of aryl methyl sites for hydroxylation is 2. The molecule has 1 aromatic heterocycles. The van der Waals surface area contributed by atoms with Crippen LogP contribution in [-0.4, -0.2) is 126 Å². The molecule has 1 saturated carbocycles. The maximum absolute atomic E-state index is 14.9. The van der Waals surface area contributed by atoms with E-state index < -0.39 is 23.5 Å². The maximum Gasteiger partial charge on any atom is 0.257 e. The first-order chi connectivity index (χ1) is 38.8. The van der Waals surface area contributed by atoms with Crippen LogP contribution in [0.25, 0.3) is 0 Å². The molecule has 9 rings (SSSR count). The fourth-order valence-electron chi connectivity index (χ4n) is 11.2. The lowest BCUT2D eigenvalue weighted by Gasteiger charge is -2.42. The van der Waals surface area contributed by atoms with Gasteiger partial charge in [-0.15, -0.1) is 0 Å². The number of carbonyl (C=O) groups is 6. The monoisotopic (exact) mass is 1140 g/mol. The Bertz CT molecular complexity index is 3120. The number of methoxy groups -OCH3 is 1. The summed E-state index contributed by atoms with van der Waals surface area (Å²) in [5, 5.41) is 12.7. The molecule has 4 aliphatic rings. The van der Waals surface area contributed by atoms with Crippen LogP contribution in [0.4, 0.5) is 5.13 Å². The highest BCUT2D eigenvalue weighted by atomic mass is 32.2. The normalized spacial score (nSPS) is 19.9. The van der Waals surface area contributed by atoms with E-state index in [1.165, 1.54) is 35.6 Å². The number of hydrogen-bond acceptors (Lipinski definition) is 13. The fourth-order valence-corrected chi connectivity index (χ4v) is 13.1. The van der Waals surface area contributed by atoms with Crippen molar-refractivity contribution >= 4 is 63.7 Å². The van der Waals surface area contributed by atoms with Crippen LogP contribution in [0.5, 0.6) is 17.2 Å².